The van der Waals surface area contributed by atoms with Crippen LogP contribution < -0.4 is 0 Å². The van der Waals surface area contributed by atoms with Crippen LogP contribution in [0.4, 0.5) is 13.2 Å². The molecule has 2 rings (SSSR count). The van der Waals surface area contributed by atoms with Crippen molar-refractivity contribution in [1.82, 2.24) is 9.88 Å². The topological polar surface area (TPSA) is 16.1 Å². The Balaban J connectivity index is 2.03. The molecule has 1 aliphatic carbocycles. The lowest BCUT2D eigenvalue weighted by Gasteiger charge is -2.20. The van der Waals surface area contributed by atoms with Gasteiger partial charge in [0.2, 0.25) is 0 Å². The summed E-state index contributed by atoms with van der Waals surface area (Å²) in [6.07, 6.45) is -1.90. The first-order chi connectivity index (χ1) is 8.00. The van der Waals surface area contributed by atoms with Crippen molar-refractivity contribution in [3.63, 3.8) is 0 Å². The largest absolute Gasteiger partial charge is 0.434 e. The highest BCUT2D eigenvalue weighted by Gasteiger charge is 2.36. The van der Waals surface area contributed by atoms with Gasteiger partial charge in [-0.05, 0) is 25.3 Å². The average Bonchev–Trinajstić information content (AvgIpc) is 2.91. The fourth-order valence-electron chi connectivity index (χ4n) is 1.79. The normalized spacial score (nSPS) is 16.8. The third kappa shape index (κ3) is 3.42. The molecule has 1 aliphatic rings. The SMILES string of the molecule is CCN(Cc1scnc1C(F)(F)F)CC1CC1. The molecule has 2 nitrogen and oxygen atoms in total. The Morgan fingerprint density at radius 3 is 2.71 bits per heavy atom. The van der Waals surface area contributed by atoms with Crippen molar-refractivity contribution < 1.29 is 13.2 Å². The molecule has 0 radical (unpaired) electrons. The Morgan fingerprint density at radius 1 is 1.47 bits per heavy atom. The van der Waals surface area contributed by atoms with Gasteiger partial charge in [-0.1, -0.05) is 6.92 Å². The molecule has 0 atom stereocenters. The summed E-state index contributed by atoms with van der Waals surface area (Å²) in [5.74, 6) is 0.692. The smallest absolute Gasteiger partial charge is 0.298 e. The lowest BCUT2D eigenvalue weighted by molar-refractivity contribution is -0.141. The predicted molar refractivity (Wildman–Crippen MR) is 60.8 cm³/mol. The maximum absolute atomic E-state index is 12.6. The van der Waals surface area contributed by atoms with Gasteiger partial charge < -0.3 is 0 Å². The second kappa shape index (κ2) is 4.94. The molecule has 96 valence electrons. The van der Waals surface area contributed by atoms with E-state index in [0.29, 0.717) is 17.3 Å². The fourth-order valence-corrected chi connectivity index (χ4v) is 2.61. The molecule has 17 heavy (non-hydrogen) atoms. The summed E-state index contributed by atoms with van der Waals surface area (Å²) in [5.41, 5.74) is 0.570. The number of alkyl halides is 3. The summed E-state index contributed by atoms with van der Waals surface area (Å²) in [6, 6.07) is 0. The first-order valence-electron chi connectivity index (χ1n) is 5.72. The van der Waals surface area contributed by atoms with Gasteiger partial charge in [0.25, 0.3) is 0 Å². The maximum atomic E-state index is 12.6. The van der Waals surface area contributed by atoms with Crippen LogP contribution in [-0.4, -0.2) is 23.0 Å². The van der Waals surface area contributed by atoms with E-state index in [4.69, 9.17) is 0 Å². The molecule has 1 aromatic heterocycles. The molecule has 0 spiro atoms. The van der Waals surface area contributed by atoms with Gasteiger partial charge in [0.15, 0.2) is 5.69 Å². The van der Waals surface area contributed by atoms with Crippen molar-refractivity contribution in [3.8, 4) is 0 Å². The fraction of sp³-hybridized carbons (Fsp3) is 0.727. The maximum Gasteiger partial charge on any atom is 0.434 e. The predicted octanol–water partition coefficient (Wildman–Crippen LogP) is 3.39. The average molecular weight is 264 g/mol. The minimum Gasteiger partial charge on any atom is -0.298 e. The van der Waals surface area contributed by atoms with Gasteiger partial charge in [0.1, 0.15) is 0 Å². The number of hydrogen-bond acceptors (Lipinski definition) is 3. The molecule has 6 heteroatoms. The van der Waals surface area contributed by atoms with E-state index >= 15 is 0 Å². The minimum absolute atomic E-state index is 0.333. The van der Waals surface area contributed by atoms with Crippen LogP contribution in [0.5, 0.6) is 0 Å². The Labute approximate surface area is 102 Å². The van der Waals surface area contributed by atoms with Gasteiger partial charge in [0, 0.05) is 13.1 Å². The van der Waals surface area contributed by atoms with Crippen molar-refractivity contribution >= 4 is 11.3 Å². The van der Waals surface area contributed by atoms with Gasteiger partial charge in [-0.2, -0.15) is 13.2 Å². The summed E-state index contributed by atoms with van der Waals surface area (Å²) >= 11 is 1.09. The molecule has 1 saturated carbocycles. The molecule has 0 bridgehead atoms. The molecule has 0 unspecified atom stereocenters. The lowest BCUT2D eigenvalue weighted by atomic mass is 10.3. The highest BCUT2D eigenvalue weighted by atomic mass is 32.1. The molecule has 1 fully saturated rings. The van der Waals surface area contributed by atoms with Crippen molar-refractivity contribution in [3.05, 3.63) is 16.1 Å². The van der Waals surface area contributed by atoms with E-state index in [-0.39, 0.29) is 0 Å². The van der Waals surface area contributed by atoms with Crippen LogP contribution in [0.15, 0.2) is 5.51 Å². The molecule has 0 amide bonds. The molecule has 0 saturated heterocycles. The summed E-state index contributed by atoms with van der Waals surface area (Å²) in [5, 5.41) is 0. The third-order valence-electron chi connectivity index (χ3n) is 2.94. The third-order valence-corrected chi connectivity index (χ3v) is 3.75. The zero-order valence-corrected chi connectivity index (χ0v) is 10.4. The van der Waals surface area contributed by atoms with Crippen LogP contribution in [0, 0.1) is 5.92 Å². The number of nitrogens with zero attached hydrogens (tertiary/aromatic N) is 2. The number of rotatable bonds is 5. The van der Waals surface area contributed by atoms with Crippen LogP contribution in [0.2, 0.25) is 0 Å². The second-order valence-electron chi connectivity index (χ2n) is 4.39. The van der Waals surface area contributed by atoms with Crippen LogP contribution in [-0.2, 0) is 12.7 Å². The monoisotopic (exact) mass is 264 g/mol. The van der Waals surface area contributed by atoms with Crippen molar-refractivity contribution in [2.45, 2.75) is 32.5 Å². The van der Waals surface area contributed by atoms with Gasteiger partial charge in [-0.25, -0.2) is 4.98 Å². The zero-order valence-electron chi connectivity index (χ0n) is 9.63. The van der Waals surface area contributed by atoms with Crippen LogP contribution >= 0.6 is 11.3 Å². The number of thiazole rings is 1. The van der Waals surface area contributed by atoms with E-state index in [9.17, 15) is 13.2 Å². The molecule has 1 aromatic rings. The molecule has 0 aromatic carbocycles. The van der Waals surface area contributed by atoms with Crippen molar-refractivity contribution in [1.29, 1.82) is 0 Å². The standard InChI is InChI=1S/C11H15F3N2S/c1-2-16(5-8-3-4-8)6-9-10(11(12,13)14)15-7-17-9/h7-8H,2-6H2,1H3. The minimum atomic E-state index is -4.33. The first kappa shape index (κ1) is 12.8. The van der Waals surface area contributed by atoms with E-state index in [1.165, 1.54) is 18.4 Å². The zero-order chi connectivity index (χ0) is 12.5. The van der Waals surface area contributed by atoms with Crippen LogP contribution in [0.3, 0.4) is 0 Å². The molecule has 0 N–H and O–H groups in total. The Kier molecular flexibility index (Phi) is 3.73. The summed E-state index contributed by atoms with van der Waals surface area (Å²) in [7, 11) is 0. The summed E-state index contributed by atoms with van der Waals surface area (Å²) in [6.45, 7) is 4.04. The number of halogens is 3. The quantitative estimate of drug-likeness (QED) is 0.810. The highest BCUT2D eigenvalue weighted by molar-refractivity contribution is 7.09. The Bertz CT molecular complexity index is 371. The molecular weight excluding hydrogens is 249 g/mol. The van der Waals surface area contributed by atoms with E-state index in [0.717, 1.165) is 24.4 Å². The van der Waals surface area contributed by atoms with E-state index in [1.807, 2.05) is 6.92 Å². The van der Waals surface area contributed by atoms with Crippen molar-refractivity contribution in [2.75, 3.05) is 13.1 Å². The number of hydrogen-bond donors (Lipinski definition) is 0. The second-order valence-corrected chi connectivity index (χ2v) is 5.33. The van der Waals surface area contributed by atoms with E-state index < -0.39 is 11.9 Å². The molecule has 1 heterocycles. The first-order valence-corrected chi connectivity index (χ1v) is 6.60. The Hall–Kier alpha value is -0.620. The number of aromatic nitrogens is 1. The Morgan fingerprint density at radius 2 is 2.18 bits per heavy atom. The van der Waals surface area contributed by atoms with E-state index in [2.05, 4.69) is 9.88 Å². The summed E-state index contributed by atoms with van der Waals surface area (Å²) < 4.78 is 37.9. The highest BCUT2D eigenvalue weighted by Crippen LogP contribution is 2.34. The van der Waals surface area contributed by atoms with Gasteiger partial charge in [-0.3, -0.25) is 4.90 Å². The summed E-state index contributed by atoms with van der Waals surface area (Å²) in [4.78, 5) is 5.84. The van der Waals surface area contributed by atoms with Crippen molar-refractivity contribution in [2.24, 2.45) is 5.92 Å². The van der Waals surface area contributed by atoms with Crippen LogP contribution in [0.1, 0.15) is 30.3 Å². The van der Waals surface area contributed by atoms with Gasteiger partial charge >= 0.3 is 6.18 Å². The van der Waals surface area contributed by atoms with Crippen LogP contribution in [0.25, 0.3) is 0 Å². The molecular formula is C11H15F3N2S. The van der Waals surface area contributed by atoms with Gasteiger partial charge in [0.05, 0.1) is 10.4 Å². The van der Waals surface area contributed by atoms with E-state index in [1.54, 1.807) is 0 Å². The molecule has 0 aliphatic heterocycles. The van der Waals surface area contributed by atoms with Gasteiger partial charge in [-0.15, -0.1) is 11.3 Å². The lowest BCUT2D eigenvalue weighted by Crippen LogP contribution is -2.26.